The van der Waals surface area contributed by atoms with Crippen molar-refractivity contribution in [3.8, 4) is 0 Å². The molecule has 2 aromatic heterocycles. The van der Waals surface area contributed by atoms with Gasteiger partial charge in [-0.3, -0.25) is 4.79 Å². The molecule has 1 aliphatic heterocycles. The highest BCUT2D eigenvalue weighted by Crippen LogP contribution is 2.36. The third-order valence-corrected chi connectivity index (χ3v) is 4.69. The van der Waals surface area contributed by atoms with Crippen LogP contribution in [0.1, 0.15) is 41.2 Å². The van der Waals surface area contributed by atoms with Crippen molar-refractivity contribution >= 4 is 11.9 Å². The third kappa shape index (κ3) is 3.24. The average Bonchev–Trinajstić information content (AvgIpc) is 3.38. The van der Waals surface area contributed by atoms with Gasteiger partial charge in [-0.15, -0.1) is 0 Å². The fourth-order valence-corrected chi connectivity index (χ4v) is 3.18. The summed E-state index contributed by atoms with van der Waals surface area (Å²) in [6.07, 6.45) is 5.85. The molecule has 7 nitrogen and oxygen atoms in total. The number of carbonyl (C=O) groups excluding carboxylic acids is 1. The van der Waals surface area contributed by atoms with Crippen molar-refractivity contribution in [1.29, 1.82) is 0 Å². The van der Waals surface area contributed by atoms with Gasteiger partial charge in [-0.1, -0.05) is 0 Å². The highest BCUT2D eigenvalue weighted by Gasteiger charge is 2.31. The Hall–Kier alpha value is -2.41. The predicted molar refractivity (Wildman–Crippen MR) is 93.7 cm³/mol. The minimum atomic E-state index is -0.219. The standard InChI is InChI=1S/C18H23N5O2/c1-21(2)18-19-8-7-14(20-18)16-12-22(10-11-25-16)17(24)15-4-3-9-23(15)13-5-6-13/h3-4,7-9,13,16H,5-6,10-12H2,1-2H3/t16-/m1/s1. The third-order valence-electron chi connectivity index (χ3n) is 4.69. The van der Waals surface area contributed by atoms with Crippen molar-refractivity contribution in [3.05, 3.63) is 42.0 Å². The number of nitrogens with zero attached hydrogens (tertiary/aromatic N) is 5. The van der Waals surface area contributed by atoms with Gasteiger partial charge in [0.05, 0.1) is 18.8 Å². The van der Waals surface area contributed by atoms with Crippen LogP contribution in [0.4, 0.5) is 5.95 Å². The molecule has 132 valence electrons. The number of rotatable bonds is 4. The van der Waals surface area contributed by atoms with Crippen LogP contribution >= 0.6 is 0 Å². The van der Waals surface area contributed by atoms with Crippen LogP contribution in [0, 0.1) is 0 Å². The largest absolute Gasteiger partial charge is 0.368 e. The minimum Gasteiger partial charge on any atom is -0.368 e. The van der Waals surface area contributed by atoms with E-state index in [0.29, 0.717) is 31.7 Å². The first kappa shape index (κ1) is 16.1. The molecule has 3 heterocycles. The molecule has 1 aliphatic carbocycles. The molecule has 0 N–H and O–H groups in total. The van der Waals surface area contributed by atoms with E-state index in [1.807, 2.05) is 48.3 Å². The van der Waals surface area contributed by atoms with Crippen LogP contribution < -0.4 is 4.90 Å². The van der Waals surface area contributed by atoms with Gasteiger partial charge in [0.15, 0.2) is 0 Å². The summed E-state index contributed by atoms with van der Waals surface area (Å²) in [6.45, 7) is 1.64. The fourth-order valence-electron chi connectivity index (χ4n) is 3.18. The number of hydrogen-bond donors (Lipinski definition) is 0. The van der Waals surface area contributed by atoms with Gasteiger partial charge in [0, 0.05) is 39.1 Å². The summed E-state index contributed by atoms with van der Waals surface area (Å²) in [5.74, 6) is 0.722. The Morgan fingerprint density at radius 1 is 1.32 bits per heavy atom. The molecular weight excluding hydrogens is 318 g/mol. The van der Waals surface area contributed by atoms with Crippen LogP contribution in [0.5, 0.6) is 0 Å². The summed E-state index contributed by atoms with van der Waals surface area (Å²) >= 11 is 0. The molecule has 0 bridgehead atoms. The molecule has 1 amide bonds. The van der Waals surface area contributed by atoms with E-state index in [-0.39, 0.29) is 12.0 Å². The first-order chi connectivity index (χ1) is 12.1. The van der Waals surface area contributed by atoms with Gasteiger partial charge in [-0.05, 0) is 31.0 Å². The average molecular weight is 341 g/mol. The molecule has 0 radical (unpaired) electrons. The van der Waals surface area contributed by atoms with E-state index >= 15 is 0 Å². The number of anilines is 1. The van der Waals surface area contributed by atoms with Gasteiger partial charge in [0.25, 0.3) is 5.91 Å². The van der Waals surface area contributed by atoms with Crippen LogP contribution in [0.2, 0.25) is 0 Å². The molecule has 7 heteroatoms. The van der Waals surface area contributed by atoms with Gasteiger partial charge in [0.1, 0.15) is 11.8 Å². The lowest BCUT2D eigenvalue weighted by molar-refractivity contribution is -0.0250. The lowest BCUT2D eigenvalue weighted by atomic mass is 10.2. The Morgan fingerprint density at radius 2 is 2.16 bits per heavy atom. The van der Waals surface area contributed by atoms with Crippen LogP contribution in [-0.4, -0.2) is 59.1 Å². The van der Waals surface area contributed by atoms with E-state index in [4.69, 9.17) is 4.74 Å². The van der Waals surface area contributed by atoms with E-state index in [0.717, 1.165) is 24.2 Å². The Kier molecular flexibility index (Phi) is 4.17. The Bertz CT molecular complexity index is 768. The summed E-state index contributed by atoms with van der Waals surface area (Å²) in [5, 5.41) is 0. The monoisotopic (exact) mass is 341 g/mol. The van der Waals surface area contributed by atoms with E-state index in [2.05, 4.69) is 14.5 Å². The van der Waals surface area contributed by atoms with Gasteiger partial charge in [-0.25, -0.2) is 9.97 Å². The summed E-state index contributed by atoms with van der Waals surface area (Å²) in [6, 6.07) is 6.23. The van der Waals surface area contributed by atoms with Crippen molar-refractivity contribution in [1.82, 2.24) is 19.4 Å². The van der Waals surface area contributed by atoms with Gasteiger partial charge in [0.2, 0.25) is 5.95 Å². The van der Waals surface area contributed by atoms with Gasteiger partial charge >= 0.3 is 0 Å². The number of carbonyl (C=O) groups is 1. The first-order valence-corrected chi connectivity index (χ1v) is 8.71. The van der Waals surface area contributed by atoms with Gasteiger partial charge in [-0.2, -0.15) is 0 Å². The molecule has 1 saturated carbocycles. The van der Waals surface area contributed by atoms with Crippen molar-refractivity contribution in [3.63, 3.8) is 0 Å². The fraction of sp³-hybridized carbons (Fsp3) is 0.500. The molecule has 0 unspecified atom stereocenters. The number of morpholine rings is 1. The maximum absolute atomic E-state index is 13.0. The SMILES string of the molecule is CN(C)c1nccc([C@H]2CN(C(=O)c3cccn3C3CC3)CCO2)n1. The van der Waals surface area contributed by atoms with E-state index in [1.165, 1.54) is 0 Å². The van der Waals surface area contributed by atoms with Crippen LogP contribution in [-0.2, 0) is 4.74 Å². The molecule has 4 rings (SSSR count). The smallest absolute Gasteiger partial charge is 0.270 e. The molecule has 25 heavy (non-hydrogen) atoms. The molecule has 0 spiro atoms. The zero-order valence-corrected chi connectivity index (χ0v) is 14.6. The van der Waals surface area contributed by atoms with E-state index < -0.39 is 0 Å². The molecule has 0 aromatic carbocycles. The van der Waals surface area contributed by atoms with Crippen LogP contribution in [0.15, 0.2) is 30.6 Å². The summed E-state index contributed by atoms with van der Waals surface area (Å²) in [7, 11) is 3.81. The molecule has 1 atom stereocenters. The topological polar surface area (TPSA) is 63.5 Å². The highest BCUT2D eigenvalue weighted by molar-refractivity contribution is 5.93. The van der Waals surface area contributed by atoms with Gasteiger partial charge < -0.3 is 19.1 Å². The van der Waals surface area contributed by atoms with E-state index in [1.54, 1.807) is 6.20 Å². The van der Waals surface area contributed by atoms with Crippen molar-refractivity contribution in [2.75, 3.05) is 38.7 Å². The second-order valence-electron chi connectivity index (χ2n) is 6.82. The number of aromatic nitrogens is 3. The maximum Gasteiger partial charge on any atom is 0.270 e. The second kappa shape index (κ2) is 6.48. The summed E-state index contributed by atoms with van der Waals surface area (Å²) < 4.78 is 7.99. The Morgan fingerprint density at radius 3 is 2.92 bits per heavy atom. The number of ether oxygens (including phenoxy) is 1. The first-order valence-electron chi connectivity index (χ1n) is 8.71. The second-order valence-corrected chi connectivity index (χ2v) is 6.82. The summed E-state index contributed by atoms with van der Waals surface area (Å²) in [5.41, 5.74) is 1.59. The van der Waals surface area contributed by atoms with Crippen molar-refractivity contribution in [2.45, 2.75) is 25.0 Å². The minimum absolute atomic E-state index is 0.0760. The number of amides is 1. The van der Waals surface area contributed by atoms with Crippen LogP contribution in [0.3, 0.4) is 0 Å². The number of hydrogen-bond acceptors (Lipinski definition) is 5. The normalized spacial score (nSPS) is 20.6. The van der Waals surface area contributed by atoms with E-state index in [9.17, 15) is 4.79 Å². The predicted octanol–water partition coefficient (Wildman–Crippen LogP) is 1.89. The molecule has 2 fully saturated rings. The Labute approximate surface area is 147 Å². The highest BCUT2D eigenvalue weighted by atomic mass is 16.5. The molecule has 2 aliphatic rings. The van der Waals surface area contributed by atoms with Crippen molar-refractivity contribution in [2.24, 2.45) is 0 Å². The Balaban J connectivity index is 1.51. The zero-order chi connectivity index (χ0) is 17.4. The molecule has 1 saturated heterocycles. The lowest BCUT2D eigenvalue weighted by Gasteiger charge is -2.33. The maximum atomic E-state index is 13.0. The lowest BCUT2D eigenvalue weighted by Crippen LogP contribution is -2.43. The van der Waals surface area contributed by atoms with Crippen LogP contribution in [0.25, 0.3) is 0 Å². The summed E-state index contributed by atoms with van der Waals surface area (Å²) in [4.78, 5) is 25.5. The molecular formula is C18H23N5O2. The molecule has 2 aromatic rings. The zero-order valence-electron chi connectivity index (χ0n) is 14.6. The quantitative estimate of drug-likeness (QED) is 0.850. The van der Waals surface area contributed by atoms with Crippen molar-refractivity contribution < 1.29 is 9.53 Å².